The summed E-state index contributed by atoms with van der Waals surface area (Å²) in [4.78, 5) is 12.0. The molecule has 1 fully saturated rings. The van der Waals surface area contributed by atoms with Crippen molar-refractivity contribution in [2.45, 2.75) is 45.6 Å². The number of rotatable bonds is 5. The summed E-state index contributed by atoms with van der Waals surface area (Å²) in [6.45, 7) is 5.01. The number of hydrogen-bond acceptors (Lipinski definition) is 3. The van der Waals surface area contributed by atoms with Crippen molar-refractivity contribution >= 4 is 15.9 Å². The topological polar surface area (TPSA) is 66.5 Å². The zero-order chi connectivity index (χ0) is 13.8. The number of carbonyl (C=O) groups excluding carboxylic acids is 1. The van der Waals surface area contributed by atoms with E-state index >= 15 is 0 Å². The molecule has 0 aliphatic carbocycles. The van der Waals surface area contributed by atoms with E-state index in [9.17, 15) is 13.2 Å². The van der Waals surface area contributed by atoms with Gasteiger partial charge in [0.15, 0.2) is 0 Å². The van der Waals surface area contributed by atoms with Crippen molar-refractivity contribution in [3.05, 3.63) is 0 Å². The van der Waals surface area contributed by atoms with Gasteiger partial charge < -0.3 is 5.32 Å². The number of hydrogen-bond donors (Lipinski definition) is 1. The minimum absolute atomic E-state index is 0.0395. The Kier molecular flexibility index (Phi) is 5.59. The van der Waals surface area contributed by atoms with Gasteiger partial charge in [-0.2, -0.15) is 0 Å². The highest BCUT2D eigenvalue weighted by atomic mass is 32.2. The van der Waals surface area contributed by atoms with Crippen molar-refractivity contribution in [1.82, 2.24) is 9.62 Å². The highest BCUT2D eigenvalue weighted by Gasteiger charge is 2.29. The van der Waals surface area contributed by atoms with Gasteiger partial charge in [0.25, 0.3) is 0 Å². The van der Waals surface area contributed by atoms with Crippen LogP contribution in [0.4, 0.5) is 0 Å². The maximum atomic E-state index is 12.0. The van der Waals surface area contributed by atoms with Gasteiger partial charge >= 0.3 is 0 Å². The van der Waals surface area contributed by atoms with Gasteiger partial charge in [0.1, 0.15) is 0 Å². The normalized spacial score (nSPS) is 20.6. The zero-order valence-electron chi connectivity index (χ0n) is 11.5. The van der Waals surface area contributed by atoms with Gasteiger partial charge in [0.05, 0.1) is 6.26 Å². The van der Waals surface area contributed by atoms with Gasteiger partial charge in [-0.3, -0.25) is 4.79 Å². The van der Waals surface area contributed by atoms with Crippen LogP contribution in [0.1, 0.15) is 39.5 Å². The lowest BCUT2D eigenvalue weighted by molar-refractivity contribution is -0.126. The SMILES string of the molecule is CCCC(C)NC(=O)C1CCN(S(C)(=O)=O)CC1. The Bertz CT molecular complexity index is 373. The van der Waals surface area contributed by atoms with E-state index in [1.165, 1.54) is 10.6 Å². The number of amides is 1. The van der Waals surface area contributed by atoms with Crippen LogP contribution in [0.5, 0.6) is 0 Å². The fourth-order valence-corrected chi connectivity index (χ4v) is 3.19. The summed E-state index contributed by atoms with van der Waals surface area (Å²) in [5, 5.41) is 3.00. The Hall–Kier alpha value is -0.620. The van der Waals surface area contributed by atoms with Crippen LogP contribution in [0.2, 0.25) is 0 Å². The molecule has 1 rings (SSSR count). The average molecular weight is 276 g/mol. The Balaban J connectivity index is 2.41. The van der Waals surface area contributed by atoms with Gasteiger partial charge in [-0.1, -0.05) is 13.3 Å². The molecule has 1 N–H and O–H groups in total. The molecule has 1 atom stereocenters. The van der Waals surface area contributed by atoms with Crippen LogP contribution in [-0.4, -0.2) is 44.0 Å². The molecule has 1 aliphatic rings. The third kappa shape index (κ3) is 4.57. The second kappa shape index (κ2) is 6.52. The third-order valence-corrected chi connectivity index (χ3v) is 4.71. The van der Waals surface area contributed by atoms with Crippen LogP contribution in [0.3, 0.4) is 0 Å². The predicted octanol–water partition coefficient (Wildman–Crippen LogP) is 0.963. The monoisotopic (exact) mass is 276 g/mol. The van der Waals surface area contributed by atoms with Gasteiger partial charge in [0.2, 0.25) is 15.9 Å². The quantitative estimate of drug-likeness (QED) is 0.813. The van der Waals surface area contributed by atoms with Crippen LogP contribution in [0, 0.1) is 5.92 Å². The lowest BCUT2D eigenvalue weighted by Gasteiger charge is -2.30. The fourth-order valence-electron chi connectivity index (χ4n) is 2.32. The molecule has 18 heavy (non-hydrogen) atoms. The van der Waals surface area contributed by atoms with E-state index in [1.807, 2.05) is 6.92 Å². The summed E-state index contributed by atoms with van der Waals surface area (Å²) in [6.07, 6.45) is 4.49. The molecule has 1 unspecified atom stereocenters. The molecule has 5 nitrogen and oxygen atoms in total. The summed E-state index contributed by atoms with van der Waals surface area (Å²) < 4.78 is 24.2. The first kappa shape index (κ1) is 15.4. The summed E-state index contributed by atoms with van der Waals surface area (Å²) in [5.74, 6) is 0.0337. The standard InChI is InChI=1S/C12H24N2O3S/c1-4-5-10(2)13-12(15)11-6-8-14(9-7-11)18(3,16)17/h10-11H,4-9H2,1-3H3,(H,13,15). The average Bonchev–Trinajstić information content (AvgIpc) is 2.28. The van der Waals surface area contributed by atoms with E-state index in [0.29, 0.717) is 25.9 Å². The minimum Gasteiger partial charge on any atom is -0.353 e. The van der Waals surface area contributed by atoms with Crippen LogP contribution < -0.4 is 5.32 Å². The van der Waals surface area contributed by atoms with Crippen LogP contribution in [0.25, 0.3) is 0 Å². The number of piperidine rings is 1. The fraction of sp³-hybridized carbons (Fsp3) is 0.917. The van der Waals surface area contributed by atoms with Crippen molar-refractivity contribution in [2.24, 2.45) is 5.92 Å². The Morgan fingerprint density at radius 3 is 2.39 bits per heavy atom. The first-order chi connectivity index (χ1) is 8.34. The molecular weight excluding hydrogens is 252 g/mol. The Labute approximate surface area is 110 Å². The highest BCUT2D eigenvalue weighted by molar-refractivity contribution is 7.88. The highest BCUT2D eigenvalue weighted by Crippen LogP contribution is 2.19. The first-order valence-corrected chi connectivity index (χ1v) is 8.45. The molecule has 106 valence electrons. The number of nitrogens with one attached hydrogen (secondary N) is 1. The van der Waals surface area contributed by atoms with Crippen molar-refractivity contribution in [1.29, 1.82) is 0 Å². The minimum atomic E-state index is -3.11. The largest absolute Gasteiger partial charge is 0.353 e. The second-order valence-corrected chi connectivity index (χ2v) is 7.12. The summed E-state index contributed by atoms with van der Waals surface area (Å²) in [7, 11) is -3.11. The molecule has 0 aromatic carbocycles. The zero-order valence-corrected chi connectivity index (χ0v) is 12.3. The molecule has 0 spiro atoms. The lowest BCUT2D eigenvalue weighted by atomic mass is 9.96. The first-order valence-electron chi connectivity index (χ1n) is 6.60. The number of sulfonamides is 1. The molecule has 0 saturated carbocycles. The molecule has 1 aliphatic heterocycles. The maximum absolute atomic E-state index is 12.0. The van der Waals surface area contributed by atoms with Gasteiger partial charge in [0, 0.05) is 25.0 Å². The lowest BCUT2D eigenvalue weighted by Crippen LogP contribution is -2.44. The molecule has 0 aromatic rings. The van der Waals surface area contributed by atoms with Gasteiger partial charge in [-0.15, -0.1) is 0 Å². The van der Waals surface area contributed by atoms with Crippen molar-refractivity contribution in [3.8, 4) is 0 Å². The predicted molar refractivity (Wildman–Crippen MR) is 71.7 cm³/mol. The second-order valence-electron chi connectivity index (χ2n) is 5.13. The molecule has 0 aromatic heterocycles. The van der Waals surface area contributed by atoms with Crippen molar-refractivity contribution in [2.75, 3.05) is 19.3 Å². The Morgan fingerprint density at radius 1 is 1.39 bits per heavy atom. The summed E-state index contributed by atoms with van der Waals surface area (Å²) >= 11 is 0. The van der Waals surface area contributed by atoms with Crippen molar-refractivity contribution in [3.63, 3.8) is 0 Å². The van der Waals surface area contributed by atoms with E-state index in [1.54, 1.807) is 0 Å². The molecular formula is C12H24N2O3S. The maximum Gasteiger partial charge on any atom is 0.223 e. The van der Waals surface area contributed by atoms with Crippen molar-refractivity contribution < 1.29 is 13.2 Å². The smallest absolute Gasteiger partial charge is 0.223 e. The van der Waals surface area contributed by atoms with E-state index in [0.717, 1.165) is 12.8 Å². The molecule has 0 bridgehead atoms. The number of carbonyl (C=O) groups is 1. The van der Waals surface area contributed by atoms with Crippen LogP contribution in [0.15, 0.2) is 0 Å². The Morgan fingerprint density at radius 2 is 1.94 bits per heavy atom. The van der Waals surface area contributed by atoms with E-state index in [4.69, 9.17) is 0 Å². The van der Waals surface area contributed by atoms with Crippen LogP contribution in [-0.2, 0) is 14.8 Å². The van der Waals surface area contributed by atoms with Gasteiger partial charge in [-0.25, -0.2) is 12.7 Å². The molecule has 0 radical (unpaired) electrons. The third-order valence-electron chi connectivity index (χ3n) is 3.40. The van der Waals surface area contributed by atoms with E-state index in [2.05, 4.69) is 12.2 Å². The molecule has 1 heterocycles. The van der Waals surface area contributed by atoms with Crippen LogP contribution >= 0.6 is 0 Å². The molecule has 6 heteroatoms. The van der Waals surface area contributed by atoms with E-state index in [-0.39, 0.29) is 17.9 Å². The molecule has 1 amide bonds. The summed E-state index contributed by atoms with van der Waals surface area (Å²) in [5.41, 5.74) is 0. The number of nitrogens with zero attached hydrogens (tertiary/aromatic N) is 1. The summed E-state index contributed by atoms with van der Waals surface area (Å²) in [6, 6.07) is 0.204. The van der Waals surface area contributed by atoms with Gasteiger partial charge in [-0.05, 0) is 26.2 Å². The van der Waals surface area contributed by atoms with E-state index < -0.39 is 10.0 Å². The molecule has 1 saturated heterocycles.